The van der Waals surface area contributed by atoms with Crippen molar-refractivity contribution in [1.82, 2.24) is 20.6 Å². The predicted octanol–water partition coefficient (Wildman–Crippen LogP) is 1.81. The molecule has 0 bridgehead atoms. The lowest BCUT2D eigenvalue weighted by atomic mass is 10.1. The minimum atomic E-state index is -0.107. The van der Waals surface area contributed by atoms with Gasteiger partial charge in [-0.25, -0.2) is 0 Å². The first-order valence-electron chi connectivity index (χ1n) is 8.41. The van der Waals surface area contributed by atoms with Gasteiger partial charge in [0.1, 0.15) is 17.5 Å². The van der Waals surface area contributed by atoms with E-state index in [9.17, 15) is 4.79 Å². The largest absolute Gasteiger partial charge is 0.497 e. The molecule has 2 aromatic rings. The highest BCUT2D eigenvalue weighted by atomic mass is 16.5. The Bertz CT molecular complexity index is 715. The monoisotopic (exact) mass is 346 g/mol. The summed E-state index contributed by atoms with van der Waals surface area (Å²) in [5.74, 6) is 0.579. The number of rotatable bonds is 4. The third kappa shape index (κ3) is 5.11. The molecule has 7 heteroatoms. The molecule has 3 rings (SSSR count). The summed E-state index contributed by atoms with van der Waals surface area (Å²) >= 11 is 0. The summed E-state index contributed by atoms with van der Waals surface area (Å²) in [5, 5.41) is 6.74. The van der Waals surface area contributed by atoms with Crippen molar-refractivity contribution >= 4 is 16.7 Å². The normalized spacial score (nSPS) is 16.7. The number of carbonyl (C=O) groups excluding carboxylic acids is 1. The first kappa shape index (κ1) is 19.1. The smallest absolute Gasteiger partial charge is 0.317 e. The Hall–Kier alpha value is -2.25. The van der Waals surface area contributed by atoms with Crippen LogP contribution in [0.15, 0.2) is 18.2 Å². The van der Waals surface area contributed by atoms with Crippen molar-refractivity contribution in [2.45, 2.75) is 25.9 Å². The lowest BCUT2D eigenvalue weighted by Gasteiger charge is -2.23. The lowest BCUT2D eigenvalue weighted by molar-refractivity contribution is 0.101. The third-order valence-corrected chi connectivity index (χ3v) is 3.74. The van der Waals surface area contributed by atoms with Crippen molar-refractivity contribution in [3.8, 4) is 11.8 Å². The van der Waals surface area contributed by atoms with Crippen molar-refractivity contribution in [2.24, 2.45) is 0 Å². The maximum Gasteiger partial charge on any atom is 0.317 e. The van der Waals surface area contributed by atoms with Crippen molar-refractivity contribution in [3.63, 3.8) is 0 Å². The Kier molecular flexibility index (Phi) is 7.09. The summed E-state index contributed by atoms with van der Waals surface area (Å²) < 4.78 is 11.1. The van der Waals surface area contributed by atoms with E-state index < -0.39 is 0 Å². The molecular weight excluding hydrogens is 320 g/mol. The van der Waals surface area contributed by atoms with E-state index in [4.69, 9.17) is 9.47 Å². The van der Waals surface area contributed by atoms with Crippen molar-refractivity contribution < 1.29 is 14.3 Å². The number of aromatic nitrogens is 2. The SMILES string of the molecule is CNC.COc1ccc2c(C(C)=O)nc(OC3CCCNC3)nc2c1. The molecule has 7 nitrogen and oxygen atoms in total. The Balaban J connectivity index is 0.000000701. The molecule has 1 fully saturated rings. The van der Waals surface area contributed by atoms with Gasteiger partial charge in [0.15, 0.2) is 5.78 Å². The van der Waals surface area contributed by atoms with Gasteiger partial charge in [-0.3, -0.25) is 4.79 Å². The minimum absolute atomic E-state index is 0.0385. The first-order valence-corrected chi connectivity index (χ1v) is 8.41. The number of hydrogen-bond donors (Lipinski definition) is 2. The second-order valence-electron chi connectivity index (χ2n) is 5.88. The van der Waals surface area contributed by atoms with Crippen LogP contribution in [0.1, 0.15) is 30.3 Å². The fraction of sp³-hybridized carbons (Fsp3) is 0.500. The number of piperidine rings is 1. The van der Waals surface area contributed by atoms with Crippen LogP contribution in [-0.4, -0.2) is 56.1 Å². The molecule has 1 unspecified atom stereocenters. The van der Waals surface area contributed by atoms with Gasteiger partial charge in [-0.2, -0.15) is 9.97 Å². The quantitative estimate of drug-likeness (QED) is 0.817. The fourth-order valence-electron chi connectivity index (χ4n) is 2.61. The molecule has 2 N–H and O–H groups in total. The minimum Gasteiger partial charge on any atom is -0.497 e. The molecule has 1 aliphatic rings. The number of Topliss-reactive ketones (excluding diaryl/α,β-unsaturated/α-hetero) is 1. The molecule has 0 radical (unpaired) electrons. The average molecular weight is 346 g/mol. The first-order chi connectivity index (χ1) is 12.1. The summed E-state index contributed by atoms with van der Waals surface area (Å²) in [6, 6.07) is 5.63. The summed E-state index contributed by atoms with van der Waals surface area (Å²) in [7, 11) is 5.35. The molecule has 0 aliphatic carbocycles. The van der Waals surface area contributed by atoms with Gasteiger partial charge in [0.25, 0.3) is 0 Å². The maximum atomic E-state index is 11.9. The predicted molar refractivity (Wildman–Crippen MR) is 97.6 cm³/mol. The molecule has 1 aliphatic heterocycles. The summed E-state index contributed by atoms with van der Waals surface area (Å²) in [6.45, 7) is 3.28. The molecule has 0 spiro atoms. The molecule has 0 amide bonds. The molecule has 25 heavy (non-hydrogen) atoms. The molecule has 136 valence electrons. The van der Waals surface area contributed by atoms with Gasteiger partial charge in [-0.1, -0.05) is 0 Å². The van der Waals surface area contributed by atoms with Gasteiger partial charge < -0.3 is 20.1 Å². The zero-order valence-corrected chi connectivity index (χ0v) is 15.3. The zero-order chi connectivity index (χ0) is 18.2. The highest BCUT2D eigenvalue weighted by Crippen LogP contribution is 2.24. The van der Waals surface area contributed by atoms with Crippen LogP contribution >= 0.6 is 0 Å². The Morgan fingerprint density at radius 2 is 2.08 bits per heavy atom. The van der Waals surface area contributed by atoms with E-state index in [0.717, 1.165) is 25.9 Å². The summed E-state index contributed by atoms with van der Waals surface area (Å²) in [5.41, 5.74) is 1.03. The van der Waals surface area contributed by atoms with E-state index in [-0.39, 0.29) is 17.9 Å². The summed E-state index contributed by atoms with van der Waals surface area (Å²) in [6.07, 6.45) is 2.06. The maximum absolute atomic E-state index is 11.9. The van der Waals surface area contributed by atoms with Gasteiger partial charge in [0.05, 0.1) is 12.6 Å². The van der Waals surface area contributed by atoms with Crippen LogP contribution in [0.3, 0.4) is 0 Å². The van der Waals surface area contributed by atoms with Gasteiger partial charge in [0, 0.05) is 24.9 Å². The van der Waals surface area contributed by atoms with E-state index in [0.29, 0.717) is 22.3 Å². The number of fused-ring (bicyclic) bond motifs is 1. The van der Waals surface area contributed by atoms with Gasteiger partial charge in [-0.15, -0.1) is 0 Å². The number of benzene rings is 1. The number of methoxy groups -OCH3 is 1. The van der Waals surface area contributed by atoms with Crippen molar-refractivity contribution in [1.29, 1.82) is 0 Å². The van der Waals surface area contributed by atoms with Crippen molar-refractivity contribution in [3.05, 3.63) is 23.9 Å². The van der Waals surface area contributed by atoms with Crippen LogP contribution < -0.4 is 20.1 Å². The number of hydrogen-bond acceptors (Lipinski definition) is 7. The van der Waals surface area contributed by atoms with E-state index >= 15 is 0 Å². The molecule has 0 saturated carbocycles. The highest BCUT2D eigenvalue weighted by molar-refractivity contribution is 6.04. The third-order valence-electron chi connectivity index (χ3n) is 3.74. The fourth-order valence-corrected chi connectivity index (χ4v) is 2.61. The molecule has 1 aromatic heterocycles. The Labute approximate surface area is 148 Å². The Morgan fingerprint density at radius 3 is 2.68 bits per heavy atom. The van der Waals surface area contributed by atoms with Gasteiger partial charge in [-0.05, 0) is 45.6 Å². The van der Waals surface area contributed by atoms with Gasteiger partial charge in [0.2, 0.25) is 0 Å². The van der Waals surface area contributed by atoms with Crippen LogP contribution in [0.5, 0.6) is 11.8 Å². The van der Waals surface area contributed by atoms with Crippen LogP contribution in [0.25, 0.3) is 10.9 Å². The van der Waals surface area contributed by atoms with Crippen molar-refractivity contribution in [2.75, 3.05) is 34.3 Å². The number of ketones is 1. The number of ether oxygens (including phenoxy) is 2. The van der Waals surface area contributed by atoms with Crippen LogP contribution in [0.4, 0.5) is 0 Å². The zero-order valence-electron chi connectivity index (χ0n) is 15.3. The standard InChI is InChI=1S/C16H19N3O3.C2H7N/c1-10(20)15-13-6-5-11(21-2)8-14(13)18-16(19-15)22-12-4-3-7-17-9-12;1-3-2/h5-6,8,12,17H,3-4,7,9H2,1-2H3;3H,1-2H3. The molecular formula is C18H26N4O3. The second-order valence-corrected chi connectivity index (χ2v) is 5.88. The second kappa shape index (κ2) is 9.29. The van der Waals surface area contributed by atoms with Gasteiger partial charge >= 0.3 is 6.01 Å². The molecule has 1 saturated heterocycles. The van der Waals surface area contributed by atoms with Crippen LogP contribution in [0.2, 0.25) is 0 Å². The topological polar surface area (TPSA) is 85.4 Å². The van der Waals surface area contributed by atoms with Crippen LogP contribution in [-0.2, 0) is 0 Å². The molecule has 1 atom stereocenters. The molecule has 1 aromatic carbocycles. The molecule has 2 heterocycles. The average Bonchev–Trinajstić information content (AvgIpc) is 2.62. The lowest BCUT2D eigenvalue weighted by Crippen LogP contribution is -2.37. The number of carbonyl (C=O) groups is 1. The van der Waals surface area contributed by atoms with E-state index in [1.165, 1.54) is 6.92 Å². The van der Waals surface area contributed by atoms with E-state index in [2.05, 4.69) is 20.6 Å². The summed E-state index contributed by atoms with van der Waals surface area (Å²) in [4.78, 5) is 20.6. The van der Waals surface area contributed by atoms with E-state index in [1.807, 2.05) is 14.1 Å². The Morgan fingerprint density at radius 1 is 1.32 bits per heavy atom. The highest BCUT2D eigenvalue weighted by Gasteiger charge is 2.18. The number of nitrogens with zero attached hydrogens (tertiary/aromatic N) is 2. The number of nitrogens with one attached hydrogen (secondary N) is 2. The van der Waals surface area contributed by atoms with E-state index in [1.54, 1.807) is 25.3 Å². The van der Waals surface area contributed by atoms with Crippen LogP contribution in [0, 0.1) is 0 Å².